The van der Waals surface area contributed by atoms with Gasteiger partial charge in [-0.2, -0.15) is 0 Å². The van der Waals surface area contributed by atoms with Crippen molar-refractivity contribution in [3.63, 3.8) is 0 Å². The number of imidazole rings is 1. The normalized spacial score (nSPS) is 23.2. The second kappa shape index (κ2) is 7.44. The number of rotatable bonds is 4. The molecule has 4 aromatic heterocycles. The Morgan fingerprint density at radius 2 is 1.88 bits per heavy atom. The third kappa shape index (κ3) is 3.62. The van der Waals surface area contributed by atoms with Crippen molar-refractivity contribution in [3.8, 4) is 11.1 Å². The number of fused-ring (bicyclic) bond motifs is 2. The SMILES string of the molecule is Cc1nc2ncc(-c3ccn4nc(N[C@H]5CC[C@H](N)CC5)ncc34)cc2n1C1CC(F)(F)C1. The van der Waals surface area contributed by atoms with Crippen molar-refractivity contribution >= 4 is 22.6 Å². The number of anilines is 1. The van der Waals surface area contributed by atoms with Crippen LogP contribution in [0.15, 0.2) is 30.7 Å². The Balaban J connectivity index is 1.31. The number of halogens is 2. The Morgan fingerprint density at radius 1 is 1.09 bits per heavy atom. The summed E-state index contributed by atoms with van der Waals surface area (Å²) in [6, 6.07) is 4.34. The van der Waals surface area contributed by atoms with E-state index in [1.54, 1.807) is 16.9 Å². The number of pyridine rings is 1. The largest absolute Gasteiger partial charge is 0.350 e. The van der Waals surface area contributed by atoms with E-state index in [-0.39, 0.29) is 18.9 Å². The van der Waals surface area contributed by atoms with Crippen molar-refractivity contribution in [2.24, 2.45) is 5.73 Å². The minimum atomic E-state index is -2.59. The zero-order valence-electron chi connectivity index (χ0n) is 18.4. The van der Waals surface area contributed by atoms with Crippen LogP contribution in [0.25, 0.3) is 27.8 Å². The average Bonchev–Trinajstić information content (AvgIpc) is 3.32. The zero-order valence-corrected chi connectivity index (χ0v) is 18.4. The lowest BCUT2D eigenvalue weighted by Crippen LogP contribution is -2.37. The molecule has 0 aliphatic heterocycles. The van der Waals surface area contributed by atoms with Gasteiger partial charge in [0, 0.05) is 54.5 Å². The van der Waals surface area contributed by atoms with E-state index in [1.807, 2.05) is 29.8 Å². The molecule has 2 aliphatic carbocycles. The van der Waals surface area contributed by atoms with Gasteiger partial charge in [-0.15, -0.1) is 5.10 Å². The van der Waals surface area contributed by atoms with Crippen LogP contribution in [-0.2, 0) is 0 Å². The number of aryl methyl sites for hydroxylation is 1. The molecule has 2 fully saturated rings. The minimum Gasteiger partial charge on any atom is -0.350 e. The van der Waals surface area contributed by atoms with Gasteiger partial charge in [0.2, 0.25) is 5.95 Å². The van der Waals surface area contributed by atoms with Crippen molar-refractivity contribution in [1.82, 2.24) is 29.1 Å². The lowest BCUT2D eigenvalue weighted by molar-refractivity contribution is -0.103. The molecular weight excluding hydrogens is 426 g/mol. The Labute approximate surface area is 189 Å². The first-order chi connectivity index (χ1) is 15.9. The fourth-order valence-corrected chi connectivity index (χ4v) is 5.17. The summed E-state index contributed by atoms with van der Waals surface area (Å²) < 4.78 is 30.7. The Kier molecular flexibility index (Phi) is 4.62. The van der Waals surface area contributed by atoms with Crippen molar-refractivity contribution in [3.05, 3.63) is 36.5 Å². The fourth-order valence-electron chi connectivity index (χ4n) is 5.17. The number of nitrogens with two attached hydrogens (primary N) is 1. The lowest BCUT2D eigenvalue weighted by Gasteiger charge is -2.36. The predicted molar refractivity (Wildman–Crippen MR) is 121 cm³/mol. The van der Waals surface area contributed by atoms with E-state index in [0.29, 0.717) is 29.5 Å². The van der Waals surface area contributed by atoms with Crippen LogP contribution in [0.2, 0.25) is 0 Å². The Morgan fingerprint density at radius 3 is 2.64 bits per heavy atom. The molecule has 0 amide bonds. The van der Waals surface area contributed by atoms with Crippen LogP contribution in [0.3, 0.4) is 0 Å². The first-order valence-corrected chi connectivity index (χ1v) is 11.5. The number of alkyl halides is 2. The summed E-state index contributed by atoms with van der Waals surface area (Å²) in [7, 11) is 0. The molecular formula is C23H26F2N8. The van der Waals surface area contributed by atoms with Crippen molar-refractivity contribution in [2.45, 2.75) is 69.5 Å². The third-order valence-electron chi connectivity index (χ3n) is 6.99. The molecule has 0 spiro atoms. The van der Waals surface area contributed by atoms with Gasteiger partial charge >= 0.3 is 0 Å². The summed E-state index contributed by atoms with van der Waals surface area (Å²) in [4.78, 5) is 13.5. The molecule has 0 unspecified atom stereocenters. The lowest BCUT2D eigenvalue weighted by atomic mass is 9.87. The van der Waals surface area contributed by atoms with Gasteiger partial charge in [0.1, 0.15) is 5.82 Å². The van der Waals surface area contributed by atoms with Gasteiger partial charge in [0.15, 0.2) is 5.65 Å². The van der Waals surface area contributed by atoms with Crippen LogP contribution in [0.4, 0.5) is 14.7 Å². The molecule has 2 aliphatic rings. The molecule has 10 heteroatoms. The third-order valence-corrected chi connectivity index (χ3v) is 6.99. The molecule has 0 bridgehead atoms. The standard InChI is InChI=1S/C23H26F2N8/c1-13-29-21-19(33(13)17-9-23(24,25)10-17)8-14(11-27-21)18-6-7-32-20(18)12-28-22(31-32)30-16-4-2-15(26)3-5-16/h6-8,11-12,15-17H,2-5,9-10,26H2,1H3,(H,30,31)/t15-,16-. The van der Waals surface area contributed by atoms with E-state index in [4.69, 9.17) is 5.73 Å². The number of hydrogen-bond donors (Lipinski definition) is 2. The Hall–Kier alpha value is -3.14. The molecule has 33 heavy (non-hydrogen) atoms. The maximum absolute atomic E-state index is 13.5. The van der Waals surface area contributed by atoms with E-state index < -0.39 is 5.92 Å². The summed E-state index contributed by atoms with van der Waals surface area (Å²) in [5, 5.41) is 8.05. The van der Waals surface area contributed by atoms with Gasteiger partial charge in [-0.05, 0) is 44.7 Å². The van der Waals surface area contributed by atoms with Gasteiger partial charge in [0.05, 0.1) is 17.2 Å². The molecule has 0 aromatic carbocycles. The molecule has 4 heterocycles. The monoisotopic (exact) mass is 452 g/mol. The highest BCUT2D eigenvalue weighted by atomic mass is 19.3. The first kappa shape index (κ1) is 20.5. The summed E-state index contributed by atoms with van der Waals surface area (Å²) >= 11 is 0. The second-order valence-electron chi connectivity index (χ2n) is 9.41. The summed E-state index contributed by atoms with van der Waals surface area (Å²) in [5.41, 5.74) is 10.0. The van der Waals surface area contributed by atoms with Crippen molar-refractivity contribution in [1.29, 1.82) is 0 Å². The summed E-state index contributed by atoms with van der Waals surface area (Å²) in [6.45, 7) is 1.84. The molecule has 2 saturated carbocycles. The van der Waals surface area contributed by atoms with Crippen LogP contribution < -0.4 is 11.1 Å². The van der Waals surface area contributed by atoms with E-state index in [1.165, 1.54) is 0 Å². The van der Waals surface area contributed by atoms with Crippen molar-refractivity contribution < 1.29 is 8.78 Å². The molecule has 4 aromatic rings. The quantitative estimate of drug-likeness (QED) is 0.484. The number of hydrogen-bond acceptors (Lipinski definition) is 6. The smallest absolute Gasteiger partial charge is 0.252 e. The number of nitrogens with zero attached hydrogens (tertiary/aromatic N) is 6. The maximum atomic E-state index is 13.5. The van der Waals surface area contributed by atoms with Crippen LogP contribution >= 0.6 is 0 Å². The molecule has 0 atom stereocenters. The van der Waals surface area contributed by atoms with E-state index in [2.05, 4.69) is 25.4 Å². The van der Waals surface area contributed by atoms with Crippen LogP contribution in [0.1, 0.15) is 50.4 Å². The molecule has 172 valence electrons. The Bertz CT molecular complexity index is 1330. The number of nitrogens with one attached hydrogen (secondary N) is 1. The molecule has 0 saturated heterocycles. The van der Waals surface area contributed by atoms with Crippen LogP contribution in [0, 0.1) is 6.92 Å². The summed E-state index contributed by atoms with van der Waals surface area (Å²) in [5.74, 6) is -1.29. The predicted octanol–water partition coefficient (Wildman–Crippen LogP) is 4.10. The number of aromatic nitrogens is 6. The highest BCUT2D eigenvalue weighted by molar-refractivity contribution is 5.85. The van der Waals surface area contributed by atoms with Gasteiger partial charge < -0.3 is 15.6 Å². The van der Waals surface area contributed by atoms with Gasteiger partial charge in [0.25, 0.3) is 5.92 Å². The van der Waals surface area contributed by atoms with Gasteiger partial charge in [-0.1, -0.05) is 0 Å². The minimum absolute atomic E-state index is 0.158. The van der Waals surface area contributed by atoms with Gasteiger partial charge in [-0.3, -0.25) is 0 Å². The fraction of sp³-hybridized carbons (Fsp3) is 0.478. The average molecular weight is 453 g/mol. The zero-order chi connectivity index (χ0) is 22.7. The maximum Gasteiger partial charge on any atom is 0.252 e. The van der Waals surface area contributed by atoms with Crippen LogP contribution in [0.5, 0.6) is 0 Å². The molecule has 8 nitrogen and oxygen atoms in total. The van der Waals surface area contributed by atoms with Gasteiger partial charge in [-0.25, -0.2) is 28.2 Å². The molecule has 0 radical (unpaired) electrons. The van der Waals surface area contributed by atoms with Crippen molar-refractivity contribution in [2.75, 3.05) is 5.32 Å². The second-order valence-corrected chi connectivity index (χ2v) is 9.41. The summed E-state index contributed by atoms with van der Waals surface area (Å²) in [6.07, 6.45) is 9.21. The van der Waals surface area contributed by atoms with E-state index >= 15 is 0 Å². The van der Waals surface area contributed by atoms with E-state index in [0.717, 1.165) is 47.8 Å². The first-order valence-electron chi connectivity index (χ1n) is 11.5. The highest BCUT2D eigenvalue weighted by Gasteiger charge is 2.47. The highest BCUT2D eigenvalue weighted by Crippen LogP contribution is 2.47. The molecule has 3 N–H and O–H groups in total. The topological polar surface area (TPSA) is 98.9 Å². The van der Waals surface area contributed by atoms with Crippen LogP contribution in [-0.4, -0.2) is 47.1 Å². The molecule has 6 rings (SSSR count). The van der Waals surface area contributed by atoms with E-state index in [9.17, 15) is 8.78 Å².